The molecule has 35 heavy (non-hydrogen) atoms. The molecule has 1 spiro atoms. The summed E-state index contributed by atoms with van der Waals surface area (Å²) in [5.74, 6) is 1.58. The fourth-order valence-corrected chi connectivity index (χ4v) is 7.15. The van der Waals surface area contributed by atoms with E-state index in [9.17, 15) is 0 Å². The normalized spacial score (nSPS) is 23.5. The molecule has 0 heteroatoms. The smallest absolute Gasteiger partial charge is 0.0422 e. The third kappa shape index (κ3) is 3.05. The lowest BCUT2D eigenvalue weighted by molar-refractivity contribution is 0.155. The van der Waals surface area contributed by atoms with Gasteiger partial charge in [-0.25, -0.2) is 0 Å². The van der Waals surface area contributed by atoms with Crippen LogP contribution in [0.2, 0.25) is 0 Å². The Labute approximate surface area is 209 Å². The lowest BCUT2D eigenvalue weighted by Crippen LogP contribution is -2.39. The maximum Gasteiger partial charge on any atom is 0.0422 e. The van der Waals surface area contributed by atoms with Gasteiger partial charge in [0.1, 0.15) is 0 Å². The van der Waals surface area contributed by atoms with E-state index in [1.165, 1.54) is 74.9 Å². The molecule has 4 aromatic carbocycles. The molecular formula is C35H32. The van der Waals surface area contributed by atoms with E-state index in [-0.39, 0.29) is 5.41 Å². The van der Waals surface area contributed by atoms with Crippen molar-refractivity contribution in [2.45, 2.75) is 44.9 Å². The van der Waals surface area contributed by atoms with Crippen LogP contribution in [-0.2, 0) is 11.8 Å². The van der Waals surface area contributed by atoms with Crippen LogP contribution in [0.3, 0.4) is 0 Å². The van der Waals surface area contributed by atoms with Gasteiger partial charge in [0, 0.05) is 5.41 Å². The van der Waals surface area contributed by atoms with Crippen LogP contribution in [0, 0.1) is 18.8 Å². The van der Waals surface area contributed by atoms with Gasteiger partial charge in [0.2, 0.25) is 0 Å². The Kier molecular flexibility index (Phi) is 4.68. The van der Waals surface area contributed by atoms with Crippen LogP contribution in [0.25, 0.3) is 33.4 Å². The van der Waals surface area contributed by atoms with Crippen molar-refractivity contribution in [3.8, 4) is 33.4 Å². The molecule has 0 radical (unpaired) electrons. The van der Waals surface area contributed by atoms with Crippen LogP contribution in [-0.4, -0.2) is 0 Å². The molecule has 1 fully saturated rings. The molecule has 0 N–H and O–H groups in total. The summed E-state index contributed by atoms with van der Waals surface area (Å²) in [5, 5.41) is 0. The van der Waals surface area contributed by atoms with Gasteiger partial charge in [-0.05, 0) is 101 Å². The van der Waals surface area contributed by atoms with Gasteiger partial charge in [-0.2, -0.15) is 0 Å². The van der Waals surface area contributed by atoms with E-state index < -0.39 is 0 Å². The molecule has 1 saturated carbocycles. The third-order valence-corrected chi connectivity index (χ3v) is 8.97. The Morgan fingerprint density at radius 1 is 0.743 bits per heavy atom. The highest BCUT2D eigenvalue weighted by atomic mass is 14.6. The third-order valence-electron chi connectivity index (χ3n) is 8.97. The van der Waals surface area contributed by atoms with Crippen molar-refractivity contribution in [1.82, 2.24) is 0 Å². The van der Waals surface area contributed by atoms with Gasteiger partial charge < -0.3 is 0 Å². The first-order chi connectivity index (χ1) is 17.2. The molecule has 0 heterocycles. The minimum absolute atomic E-state index is 0.0151. The number of hydrogen-bond acceptors (Lipinski definition) is 0. The number of allylic oxidation sites excluding steroid dienone is 2. The molecule has 8 rings (SSSR count). The van der Waals surface area contributed by atoms with Crippen molar-refractivity contribution in [3.63, 3.8) is 0 Å². The SMILES string of the molecule is CCc1cccc(-c2cccc3c2-c2cc(-c4cccc(C)c4)ccc2C32C=CCC3CC2C3)c1. The van der Waals surface area contributed by atoms with E-state index in [1.807, 2.05) is 0 Å². The lowest BCUT2D eigenvalue weighted by Gasteiger charge is -2.45. The summed E-state index contributed by atoms with van der Waals surface area (Å²) in [5.41, 5.74) is 14.0. The van der Waals surface area contributed by atoms with Crippen LogP contribution in [0.15, 0.2) is 97.1 Å². The Morgan fingerprint density at radius 2 is 1.54 bits per heavy atom. The minimum atomic E-state index is 0.0151. The molecule has 2 bridgehead atoms. The predicted molar refractivity (Wildman–Crippen MR) is 148 cm³/mol. The lowest BCUT2D eigenvalue weighted by atomic mass is 9.58. The Bertz CT molecular complexity index is 1480. The first kappa shape index (κ1) is 20.9. The monoisotopic (exact) mass is 452 g/mol. The van der Waals surface area contributed by atoms with Gasteiger partial charge in [0.25, 0.3) is 0 Å². The standard InChI is InChI=1S/C35H32/c1-3-24-9-5-12-28(19-24)30-13-6-14-33-34(30)31-22-27(26-11-4-8-23(2)18-26)15-16-32(31)35(33)17-7-10-25-20-29(35)21-25/h4-9,11-19,22,25,29H,3,10,20-21H2,1-2H3. The molecule has 1 unspecified atom stereocenters. The van der Waals surface area contributed by atoms with Crippen molar-refractivity contribution in [3.05, 3.63) is 119 Å². The summed E-state index contributed by atoms with van der Waals surface area (Å²) < 4.78 is 0. The van der Waals surface area contributed by atoms with Crippen molar-refractivity contribution in [2.24, 2.45) is 11.8 Å². The molecule has 4 aromatic rings. The summed E-state index contributed by atoms with van der Waals surface area (Å²) in [4.78, 5) is 0. The summed E-state index contributed by atoms with van der Waals surface area (Å²) in [6, 6.07) is 32.5. The highest BCUT2D eigenvalue weighted by Gasteiger charge is 2.52. The first-order valence-electron chi connectivity index (χ1n) is 13.3. The quantitative estimate of drug-likeness (QED) is 0.272. The van der Waals surface area contributed by atoms with Crippen LogP contribution in [0.1, 0.15) is 48.4 Å². The first-order valence-corrected chi connectivity index (χ1v) is 13.3. The van der Waals surface area contributed by atoms with Crippen LogP contribution < -0.4 is 0 Å². The summed E-state index contributed by atoms with van der Waals surface area (Å²) in [7, 11) is 0. The molecule has 0 aliphatic heterocycles. The molecule has 0 aromatic heterocycles. The van der Waals surface area contributed by atoms with Crippen LogP contribution in [0.4, 0.5) is 0 Å². The maximum atomic E-state index is 2.59. The van der Waals surface area contributed by atoms with Gasteiger partial charge in [-0.3, -0.25) is 0 Å². The molecule has 1 atom stereocenters. The molecule has 4 aliphatic carbocycles. The van der Waals surface area contributed by atoms with E-state index in [4.69, 9.17) is 0 Å². The molecule has 0 saturated heterocycles. The largest absolute Gasteiger partial charge is 0.0870 e. The van der Waals surface area contributed by atoms with Crippen molar-refractivity contribution >= 4 is 0 Å². The topological polar surface area (TPSA) is 0 Å². The zero-order valence-corrected chi connectivity index (χ0v) is 20.7. The van der Waals surface area contributed by atoms with E-state index in [0.29, 0.717) is 5.92 Å². The van der Waals surface area contributed by atoms with Gasteiger partial charge in [-0.1, -0.05) is 104 Å². The fourth-order valence-electron chi connectivity index (χ4n) is 7.15. The Hall–Kier alpha value is -3.38. The number of hydrogen-bond donors (Lipinski definition) is 0. The second kappa shape index (κ2) is 7.82. The van der Waals surface area contributed by atoms with Crippen LogP contribution >= 0.6 is 0 Å². The maximum absolute atomic E-state index is 2.59. The molecule has 172 valence electrons. The summed E-state index contributed by atoms with van der Waals surface area (Å²) in [6.07, 6.45) is 10.1. The van der Waals surface area contributed by atoms with Gasteiger partial charge >= 0.3 is 0 Å². The van der Waals surface area contributed by atoms with E-state index >= 15 is 0 Å². The fraction of sp³-hybridized carbons (Fsp3) is 0.257. The van der Waals surface area contributed by atoms with Gasteiger partial charge in [0.15, 0.2) is 0 Å². The molecule has 4 aliphatic rings. The van der Waals surface area contributed by atoms with Gasteiger partial charge in [0.05, 0.1) is 0 Å². The number of rotatable bonds is 3. The van der Waals surface area contributed by atoms with E-state index in [0.717, 1.165) is 12.3 Å². The average Bonchev–Trinajstić information content (AvgIpc) is 3.00. The van der Waals surface area contributed by atoms with E-state index in [2.05, 4.69) is 111 Å². The highest BCUT2D eigenvalue weighted by Crippen LogP contribution is 2.63. The van der Waals surface area contributed by atoms with Crippen molar-refractivity contribution in [2.75, 3.05) is 0 Å². The second-order valence-electron chi connectivity index (χ2n) is 11.0. The van der Waals surface area contributed by atoms with Crippen molar-refractivity contribution < 1.29 is 0 Å². The van der Waals surface area contributed by atoms with Gasteiger partial charge in [-0.15, -0.1) is 0 Å². The minimum Gasteiger partial charge on any atom is -0.0870 e. The van der Waals surface area contributed by atoms with Crippen molar-refractivity contribution in [1.29, 1.82) is 0 Å². The summed E-state index contributed by atoms with van der Waals surface area (Å²) in [6.45, 7) is 4.43. The zero-order valence-electron chi connectivity index (χ0n) is 20.7. The number of fused-ring (bicyclic) bond motifs is 4. The molecule has 0 amide bonds. The number of benzene rings is 4. The van der Waals surface area contributed by atoms with E-state index in [1.54, 1.807) is 0 Å². The Morgan fingerprint density at radius 3 is 2.40 bits per heavy atom. The zero-order chi connectivity index (χ0) is 23.6. The predicted octanol–water partition coefficient (Wildman–Crippen LogP) is 9.14. The highest BCUT2D eigenvalue weighted by molar-refractivity contribution is 5.95. The van der Waals surface area contributed by atoms with Crippen LogP contribution in [0.5, 0.6) is 0 Å². The molecular weight excluding hydrogens is 420 g/mol. The average molecular weight is 453 g/mol. The Balaban J connectivity index is 1.52. The second-order valence-corrected chi connectivity index (χ2v) is 11.0. The molecule has 0 nitrogen and oxygen atoms in total. The number of aryl methyl sites for hydroxylation is 2. The summed E-state index contributed by atoms with van der Waals surface area (Å²) >= 11 is 0.